The van der Waals surface area contributed by atoms with E-state index in [4.69, 9.17) is 37.0 Å². The molecule has 0 fully saturated rings. The summed E-state index contributed by atoms with van der Waals surface area (Å²) in [5, 5.41) is 10.6. The van der Waals surface area contributed by atoms with E-state index in [9.17, 15) is 43.2 Å². The second-order valence-corrected chi connectivity index (χ2v) is 33.1. The van der Waals surface area contributed by atoms with Gasteiger partial charge in [-0.2, -0.15) is 0 Å². The summed E-state index contributed by atoms with van der Waals surface area (Å²) in [6, 6.07) is 0. The molecule has 2 unspecified atom stereocenters. The number of carbonyl (C=O) groups is 4. The van der Waals surface area contributed by atoms with E-state index >= 15 is 0 Å². The molecule has 0 saturated heterocycles. The molecule has 0 aliphatic carbocycles. The van der Waals surface area contributed by atoms with E-state index in [1.165, 1.54) is 225 Å². The number of aliphatic hydroxyl groups excluding tert-OH is 1. The summed E-state index contributed by atoms with van der Waals surface area (Å²) < 4.78 is 68.7. The monoisotopic (exact) mass is 1450 g/mol. The molecule has 0 aliphatic rings. The van der Waals surface area contributed by atoms with Crippen molar-refractivity contribution in [2.24, 2.45) is 17.8 Å². The molecular formula is C80H156O17P2. The minimum Gasteiger partial charge on any atom is -0.462 e. The molecule has 5 atom stereocenters. The fourth-order valence-electron chi connectivity index (χ4n) is 12.3. The van der Waals surface area contributed by atoms with E-state index in [1.54, 1.807) is 0 Å². The zero-order valence-electron chi connectivity index (χ0n) is 65.0. The number of hydrogen-bond acceptors (Lipinski definition) is 15. The first-order valence-electron chi connectivity index (χ1n) is 41.3. The number of unbranched alkanes of at least 4 members (excludes halogenated alkanes) is 46. The average Bonchev–Trinajstić information content (AvgIpc) is 1.09. The van der Waals surface area contributed by atoms with Gasteiger partial charge in [0, 0.05) is 25.7 Å². The first-order valence-corrected chi connectivity index (χ1v) is 44.3. The molecule has 588 valence electrons. The first kappa shape index (κ1) is 97.1. The van der Waals surface area contributed by atoms with Crippen molar-refractivity contribution in [1.29, 1.82) is 0 Å². The van der Waals surface area contributed by atoms with Crippen LogP contribution in [0, 0.1) is 17.8 Å². The van der Waals surface area contributed by atoms with Gasteiger partial charge in [0.15, 0.2) is 12.2 Å². The Kier molecular flexibility index (Phi) is 69.0. The van der Waals surface area contributed by atoms with Crippen LogP contribution in [-0.2, 0) is 65.4 Å². The first-order chi connectivity index (χ1) is 47.7. The van der Waals surface area contributed by atoms with Crippen molar-refractivity contribution in [2.45, 2.75) is 433 Å². The van der Waals surface area contributed by atoms with Gasteiger partial charge in [0.25, 0.3) is 0 Å². The normalized spacial score (nSPS) is 14.0. The Morgan fingerprint density at radius 1 is 0.273 bits per heavy atom. The van der Waals surface area contributed by atoms with Gasteiger partial charge in [0.05, 0.1) is 26.4 Å². The molecule has 0 spiro atoms. The predicted molar refractivity (Wildman–Crippen MR) is 405 cm³/mol. The second-order valence-electron chi connectivity index (χ2n) is 30.2. The molecule has 3 N–H and O–H groups in total. The van der Waals surface area contributed by atoms with Gasteiger partial charge in [-0.25, -0.2) is 9.13 Å². The van der Waals surface area contributed by atoms with Crippen LogP contribution in [0.1, 0.15) is 414 Å². The van der Waals surface area contributed by atoms with Crippen LogP contribution in [0.15, 0.2) is 0 Å². The highest BCUT2D eigenvalue weighted by Crippen LogP contribution is 2.45. The Morgan fingerprint density at radius 3 is 0.687 bits per heavy atom. The zero-order chi connectivity index (χ0) is 73.0. The third-order valence-corrected chi connectivity index (χ3v) is 20.5. The Hall–Kier alpha value is -1.94. The highest BCUT2D eigenvalue weighted by molar-refractivity contribution is 7.47. The fraction of sp³-hybridized carbons (Fsp3) is 0.950. The summed E-state index contributed by atoms with van der Waals surface area (Å²) >= 11 is 0. The van der Waals surface area contributed by atoms with Gasteiger partial charge in [-0.1, -0.05) is 363 Å². The molecule has 99 heavy (non-hydrogen) atoms. The van der Waals surface area contributed by atoms with Crippen molar-refractivity contribution in [3.63, 3.8) is 0 Å². The summed E-state index contributed by atoms with van der Waals surface area (Å²) in [6.07, 6.45) is 58.2. The minimum absolute atomic E-state index is 0.106. The molecule has 0 aromatic carbocycles. The smallest absolute Gasteiger partial charge is 0.462 e. The molecule has 19 heteroatoms. The third kappa shape index (κ3) is 74.1. The summed E-state index contributed by atoms with van der Waals surface area (Å²) in [5.41, 5.74) is 0. The van der Waals surface area contributed by atoms with Gasteiger partial charge in [-0.3, -0.25) is 37.3 Å². The van der Waals surface area contributed by atoms with Crippen molar-refractivity contribution >= 4 is 39.5 Å². The Labute approximate surface area is 607 Å². The van der Waals surface area contributed by atoms with E-state index in [0.717, 1.165) is 108 Å². The summed E-state index contributed by atoms with van der Waals surface area (Å²) in [4.78, 5) is 73.0. The van der Waals surface area contributed by atoms with E-state index < -0.39 is 97.5 Å². The summed E-state index contributed by atoms with van der Waals surface area (Å²) in [6.45, 7) is 11.9. The SMILES string of the molecule is CCCCCCCCCCCCCCCCCCC(=O)OC[C@H](COP(=O)(O)OC[C@@H](O)COP(=O)(O)OC[C@@H](COC(=O)CCCCCCCCCCCC(C)C)OC(=O)CCCCCCCCCCCCC(C)C)OC(=O)CCCCCCCCCCCCCCCCCC(C)C. The largest absolute Gasteiger partial charge is 0.472 e. The number of hydrogen-bond donors (Lipinski definition) is 3. The van der Waals surface area contributed by atoms with Gasteiger partial charge < -0.3 is 33.8 Å². The summed E-state index contributed by atoms with van der Waals surface area (Å²) in [5.74, 6) is 0.187. The van der Waals surface area contributed by atoms with Crippen LogP contribution in [0.2, 0.25) is 0 Å². The zero-order valence-corrected chi connectivity index (χ0v) is 66.8. The van der Waals surface area contributed by atoms with Crippen molar-refractivity contribution in [3.05, 3.63) is 0 Å². The molecule has 0 rings (SSSR count). The number of phosphoric acid groups is 2. The van der Waals surface area contributed by atoms with Crippen molar-refractivity contribution in [2.75, 3.05) is 39.6 Å². The standard InChI is InChI=1S/C80H156O17P2/c1-8-9-10-11-12-13-14-15-16-19-22-25-33-40-47-54-61-77(82)90-67-75(96-79(84)63-56-49-42-34-26-23-20-17-18-21-24-30-37-44-51-58-71(2)3)69-94-98(86,87)92-65-74(81)66-93-99(88,89)95-70-76(68-91-78(83)62-55-48-41-36-29-32-39-46-53-60-73(6)7)97-80(85)64-57-50-43-35-28-27-31-38-45-52-59-72(4)5/h71-76,81H,8-70H2,1-7H3,(H,86,87)(H,88,89)/t74-,75-,76-/m1/s1. The van der Waals surface area contributed by atoms with Crippen LogP contribution in [-0.4, -0.2) is 96.7 Å². The topological polar surface area (TPSA) is 237 Å². The lowest BCUT2D eigenvalue weighted by molar-refractivity contribution is -0.161. The molecule has 0 aromatic heterocycles. The van der Waals surface area contributed by atoms with Crippen molar-refractivity contribution < 1.29 is 80.2 Å². The van der Waals surface area contributed by atoms with Gasteiger partial charge in [-0.05, 0) is 43.4 Å². The van der Waals surface area contributed by atoms with E-state index in [-0.39, 0.29) is 25.7 Å². The maximum Gasteiger partial charge on any atom is 0.472 e. The lowest BCUT2D eigenvalue weighted by atomic mass is 10.0. The summed E-state index contributed by atoms with van der Waals surface area (Å²) in [7, 11) is -9.92. The average molecular weight is 1450 g/mol. The number of rotatable bonds is 78. The van der Waals surface area contributed by atoms with E-state index in [0.29, 0.717) is 25.7 Å². The third-order valence-electron chi connectivity index (χ3n) is 18.6. The Bertz CT molecular complexity index is 1920. The van der Waals surface area contributed by atoms with E-state index in [2.05, 4.69) is 48.5 Å². The number of phosphoric ester groups is 2. The molecule has 0 radical (unpaired) electrons. The maximum atomic E-state index is 13.1. The molecule has 0 saturated carbocycles. The van der Waals surface area contributed by atoms with Gasteiger partial charge in [-0.15, -0.1) is 0 Å². The number of aliphatic hydroxyl groups is 1. The molecule has 17 nitrogen and oxygen atoms in total. The highest BCUT2D eigenvalue weighted by atomic mass is 31.2. The van der Waals surface area contributed by atoms with Crippen LogP contribution < -0.4 is 0 Å². The minimum atomic E-state index is -4.96. The highest BCUT2D eigenvalue weighted by Gasteiger charge is 2.30. The molecule has 0 aliphatic heterocycles. The fourth-order valence-corrected chi connectivity index (χ4v) is 13.9. The van der Waals surface area contributed by atoms with Crippen molar-refractivity contribution in [1.82, 2.24) is 0 Å². The Morgan fingerprint density at radius 2 is 0.465 bits per heavy atom. The van der Waals surface area contributed by atoms with Crippen molar-refractivity contribution in [3.8, 4) is 0 Å². The Balaban J connectivity index is 5.26. The second kappa shape index (κ2) is 70.4. The predicted octanol–water partition coefficient (Wildman–Crippen LogP) is 23.7. The van der Waals surface area contributed by atoms with Gasteiger partial charge in [0.2, 0.25) is 0 Å². The molecule has 0 bridgehead atoms. The molecular weight excluding hydrogens is 1290 g/mol. The quantitative estimate of drug-likeness (QED) is 0.0222. The van der Waals surface area contributed by atoms with Gasteiger partial charge in [0.1, 0.15) is 19.3 Å². The maximum absolute atomic E-state index is 13.1. The van der Waals surface area contributed by atoms with E-state index in [1.807, 2.05) is 0 Å². The molecule has 0 aromatic rings. The van der Waals surface area contributed by atoms with Crippen LogP contribution in [0.25, 0.3) is 0 Å². The van der Waals surface area contributed by atoms with Gasteiger partial charge >= 0.3 is 39.5 Å². The van der Waals surface area contributed by atoms with Crippen LogP contribution in [0.5, 0.6) is 0 Å². The van der Waals surface area contributed by atoms with Crippen LogP contribution >= 0.6 is 15.6 Å². The lowest BCUT2D eigenvalue weighted by Gasteiger charge is -2.21. The molecule has 0 amide bonds. The lowest BCUT2D eigenvalue weighted by Crippen LogP contribution is -2.30. The molecule has 0 heterocycles. The number of carbonyl (C=O) groups excluding carboxylic acids is 4. The number of ether oxygens (including phenoxy) is 4. The van der Waals surface area contributed by atoms with Crippen LogP contribution in [0.4, 0.5) is 0 Å². The number of esters is 4. The van der Waals surface area contributed by atoms with Crippen LogP contribution in [0.3, 0.4) is 0 Å².